The van der Waals surface area contributed by atoms with Gasteiger partial charge in [-0.3, -0.25) is 0 Å². The molecule has 0 amide bonds. The normalized spacial score (nSPS) is 21.3. The summed E-state index contributed by atoms with van der Waals surface area (Å²) >= 11 is 0. The Hall–Kier alpha value is -2.21. The summed E-state index contributed by atoms with van der Waals surface area (Å²) in [6, 6.07) is 7.84. The number of methoxy groups -OCH3 is 1. The van der Waals surface area contributed by atoms with Gasteiger partial charge in [0.25, 0.3) is 0 Å². The lowest BCUT2D eigenvalue weighted by Gasteiger charge is -2.22. The number of fused-ring (bicyclic) bond motifs is 1. The van der Waals surface area contributed by atoms with E-state index in [1.807, 2.05) is 28.9 Å². The quantitative estimate of drug-likeness (QED) is 0.812. The zero-order valence-corrected chi connectivity index (χ0v) is 13.3. The van der Waals surface area contributed by atoms with Crippen LogP contribution in [0.3, 0.4) is 0 Å². The van der Waals surface area contributed by atoms with Gasteiger partial charge in [-0.05, 0) is 31.4 Å². The predicted octanol–water partition coefficient (Wildman–Crippen LogP) is 2.79. The fraction of sp³-hybridized carbons (Fsp3) is 0.471. The van der Waals surface area contributed by atoms with E-state index in [-0.39, 0.29) is 18.7 Å². The Morgan fingerprint density at radius 2 is 2.17 bits per heavy atom. The number of carbonyl (C=O) groups excluding carboxylic acids is 1. The van der Waals surface area contributed by atoms with Crippen LogP contribution >= 0.6 is 0 Å². The minimum absolute atomic E-state index is 0.0505. The Morgan fingerprint density at radius 1 is 1.30 bits per heavy atom. The highest BCUT2D eigenvalue weighted by molar-refractivity contribution is 5.78. The predicted molar refractivity (Wildman–Crippen MR) is 86.6 cm³/mol. The minimum atomic E-state index is -0.366. The van der Waals surface area contributed by atoms with Crippen molar-refractivity contribution in [3.63, 3.8) is 0 Å². The zero-order chi connectivity index (χ0) is 16.1. The van der Waals surface area contributed by atoms with Crippen molar-refractivity contribution < 1.29 is 14.3 Å². The first-order valence-electron chi connectivity index (χ1n) is 7.99. The van der Waals surface area contributed by atoms with Crippen molar-refractivity contribution in [2.75, 3.05) is 13.7 Å². The number of benzene rings is 1. The van der Waals surface area contributed by atoms with Gasteiger partial charge >= 0.3 is 5.97 Å². The number of rotatable bonds is 4. The van der Waals surface area contributed by atoms with Crippen LogP contribution in [0, 0.1) is 0 Å². The molecule has 0 fully saturated rings. The summed E-state index contributed by atoms with van der Waals surface area (Å²) in [5.41, 5.74) is 2.76. The molecular weight excluding hydrogens is 294 g/mol. The SMILES string of the molecule is COC(=O)COC1CCCCC/C=C\1n1nnc2ccccc21. The van der Waals surface area contributed by atoms with Gasteiger partial charge in [-0.15, -0.1) is 5.10 Å². The third-order valence-electron chi connectivity index (χ3n) is 4.08. The van der Waals surface area contributed by atoms with Crippen LogP contribution in [0.5, 0.6) is 0 Å². The van der Waals surface area contributed by atoms with Crippen molar-refractivity contribution in [2.24, 2.45) is 0 Å². The molecule has 6 heteroatoms. The highest BCUT2D eigenvalue weighted by Crippen LogP contribution is 2.26. The molecule has 1 aliphatic carbocycles. The summed E-state index contributed by atoms with van der Waals surface area (Å²) in [5, 5.41) is 8.51. The molecule has 1 aromatic heterocycles. The van der Waals surface area contributed by atoms with E-state index in [0.29, 0.717) is 0 Å². The summed E-state index contributed by atoms with van der Waals surface area (Å²) in [4.78, 5) is 11.4. The maximum atomic E-state index is 11.4. The van der Waals surface area contributed by atoms with Crippen molar-refractivity contribution in [2.45, 2.75) is 38.2 Å². The fourth-order valence-electron chi connectivity index (χ4n) is 2.86. The van der Waals surface area contributed by atoms with Gasteiger partial charge in [0.05, 0.1) is 18.3 Å². The number of allylic oxidation sites excluding steroid dienone is 1. The fourth-order valence-corrected chi connectivity index (χ4v) is 2.86. The van der Waals surface area contributed by atoms with Gasteiger partial charge in [0.1, 0.15) is 18.2 Å². The van der Waals surface area contributed by atoms with E-state index in [1.165, 1.54) is 13.5 Å². The molecule has 0 bridgehead atoms. The third-order valence-corrected chi connectivity index (χ3v) is 4.08. The molecule has 23 heavy (non-hydrogen) atoms. The van der Waals surface area contributed by atoms with Gasteiger partial charge in [0.2, 0.25) is 0 Å². The summed E-state index contributed by atoms with van der Waals surface area (Å²) in [7, 11) is 1.37. The lowest BCUT2D eigenvalue weighted by Crippen LogP contribution is -2.24. The largest absolute Gasteiger partial charge is 0.467 e. The molecule has 1 unspecified atom stereocenters. The number of aromatic nitrogens is 3. The van der Waals surface area contributed by atoms with Crippen LogP contribution in [0.15, 0.2) is 30.3 Å². The number of hydrogen-bond donors (Lipinski definition) is 0. The van der Waals surface area contributed by atoms with Crippen LogP contribution < -0.4 is 0 Å². The first-order chi connectivity index (χ1) is 11.3. The van der Waals surface area contributed by atoms with E-state index in [1.54, 1.807) is 0 Å². The Morgan fingerprint density at radius 3 is 3.04 bits per heavy atom. The average molecular weight is 315 g/mol. The molecule has 2 aromatic rings. The molecule has 1 atom stereocenters. The Kier molecular flexibility index (Phi) is 5.02. The topological polar surface area (TPSA) is 66.2 Å². The summed E-state index contributed by atoms with van der Waals surface area (Å²) < 4.78 is 12.3. The maximum absolute atomic E-state index is 11.4. The Labute approximate surface area is 135 Å². The molecule has 0 spiro atoms. The Bertz CT molecular complexity index is 708. The molecular formula is C17H21N3O3. The van der Waals surface area contributed by atoms with E-state index in [9.17, 15) is 4.79 Å². The van der Waals surface area contributed by atoms with E-state index < -0.39 is 0 Å². The third kappa shape index (κ3) is 3.59. The van der Waals surface area contributed by atoms with Crippen molar-refractivity contribution in [3.05, 3.63) is 30.3 Å². The maximum Gasteiger partial charge on any atom is 0.331 e. The van der Waals surface area contributed by atoms with Gasteiger partial charge in [0.15, 0.2) is 0 Å². The molecule has 3 rings (SSSR count). The van der Waals surface area contributed by atoms with Gasteiger partial charge in [-0.25, -0.2) is 9.48 Å². The summed E-state index contributed by atoms with van der Waals surface area (Å²) in [6.07, 6.45) is 7.19. The number of para-hydroxylation sites is 1. The second kappa shape index (κ2) is 7.37. The molecule has 0 saturated carbocycles. The molecule has 1 aromatic carbocycles. The van der Waals surface area contributed by atoms with Crippen LogP contribution in [0.1, 0.15) is 32.1 Å². The van der Waals surface area contributed by atoms with Gasteiger partial charge in [-0.2, -0.15) is 0 Å². The van der Waals surface area contributed by atoms with Crippen LogP contribution in [0.2, 0.25) is 0 Å². The van der Waals surface area contributed by atoms with Gasteiger partial charge in [-0.1, -0.05) is 36.3 Å². The monoisotopic (exact) mass is 315 g/mol. The second-order valence-electron chi connectivity index (χ2n) is 5.63. The molecule has 0 aliphatic heterocycles. The number of hydrogen-bond acceptors (Lipinski definition) is 5. The van der Waals surface area contributed by atoms with E-state index in [4.69, 9.17) is 4.74 Å². The summed E-state index contributed by atoms with van der Waals surface area (Å²) in [6.45, 7) is -0.0505. The standard InChI is InChI=1S/C17H21N3O3/c1-22-17(21)12-23-16-11-5-3-2-4-10-15(16)20-14-9-7-6-8-13(14)18-19-20/h6-10,16H,2-5,11-12H2,1H3/b15-10+. The Balaban J connectivity index is 1.91. The number of ether oxygens (including phenoxy) is 2. The molecule has 0 N–H and O–H groups in total. The molecule has 6 nitrogen and oxygen atoms in total. The molecule has 0 saturated heterocycles. The van der Waals surface area contributed by atoms with E-state index >= 15 is 0 Å². The van der Waals surface area contributed by atoms with Gasteiger partial charge < -0.3 is 9.47 Å². The second-order valence-corrected chi connectivity index (χ2v) is 5.63. The highest BCUT2D eigenvalue weighted by Gasteiger charge is 2.22. The molecule has 1 aliphatic rings. The first-order valence-corrected chi connectivity index (χ1v) is 7.99. The van der Waals surface area contributed by atoms with Crippen LogP contribution in [-0.4, -0.2) is 40.8 Å². The number of carbonyl (C=O) groups is 1. The molecule has 1 heterocycles. The average Bonchev–Trinajstić information content (AvgIpc) is 2.98. The lowest BCUT2D eigenvalue weighted by atomic mass is 10.0. The van der Waals surface area contributed by atoms with E-state index in [2.05, 4.69) is 21.1 Å². The summed E-state index contributed by atoms with van der Waals surface area (Å²) in [5.74, 6) is -0.366. The number of esters is 1. The van der Waals surface area contributed by atoms with Crippen LogP contribution in [-0.2, 0) is 14.3 Å². The minimum Gasteiger partial charge on any atom is -0.467 e. The van der Waals surface area contributed by atoms with Crippen LogP contribution in [0.25, 0.3) is 16.7 Å². The lowest BCUT2D eigenvalue weighted by molar-refractivity contribution is -0.147. The highest BCUT2D eigenvalue weighted by atomic mass is 16.6. The molecule has 122 valence electrons. The smallest absolute Gasteiger partial charge is 0.331 e. The van der Waals surface area contributed by atoms with Crippen molar-refractivity contribution >= 4 is 22.7 Å². The zero-order valence-electron chi connectivity index (χ0n) is 13.3. The van der Waals surface area contributed by atoms with Crippen molar-refractivity contribution in [1.29, 1.82) is 0 Å². The number of nitrogens with zero attached hydrogens (tertiary/aromatic N) is 3. The molecule has 0 radical (unpaired) electrons. The van der Waals surface area contributed by atoms with Gasteiger partial charge in [0, 0.05) is 0 Å². The first kappa shape index (κ1) is 15.7. The van der Waals surface area contributed by atoms with E-state index in [0.717, 1.165) is 42.4 Å². The van der Waals surface area contributed by atoms with Crippen molar-refractivity contribution in [3.8, 4) is 0 Å². The van der Waals surface area contributed by atoms with Crippen LogP contribution in [0.4, 0.5) is 0 Å². The van der Waals surface area contributed by atoms with Crippen molar-refractivity contribution in [1.82, 2.24) is 15.0 Å².